The fourth-order valence-corrected chi connectivity index (χ4v) is 5.61. The molecule has 2 saturated heterocycles. The molecule has 2 aliphatic heterocycles. The van der Waals surface area contributed by atoms with E-state index in [1.54, 1.807) is 43.3 Å². The highest BCUT2D eigenvalue weighted by atomic mass is 79.9. The van der Waals surface area contributed by atoms with Crippen molar-refractivity contribution in [2.45, 2.75) is 18.8 Å². The van der Waals surface area contributed by atoms with Crippen molar-refractivity contribution < 1.29 is 9.47 Å². The first kappa shape index (κ1) is 21.6. The van der Waals surface area contributed by atoms with Crippen LogP contribution in [0.2, 0.25) is 10.0 Å². The zero-order valence-corrected chi connectivity index (χ0v) is 19.1. The topological polar surface area (TPSA) is 114 Å². The summed E-state index contributed by atoms with van der Waals surface area (Å²) >= 11 is 16.0. The average molecular weight is 516 g/mol. The second kappa shape index (κ2) is 7.23. The van der Waals surface area contributed by atoms with Gasteiger partial charge < -0.3 is 9.47 Å². The number of halogens is 3. The Morgan fingerprint density at radius 1 is 1.06 bits per heavy atom. The van der Waals surface area contributed by atoms with Gasteiger partial charge in [-0.25, -0.2) is 0 Å². The van der Waals surface area contributed by atoms with Crippen LogP contribution in [0.4, 0.5) is 0 Å². The maximum atomic E-state index is 10.3. The van der Waals surface area contributed by atoms with E-state index in [9.17, 15) is 15.8 Å². The second-order valence-electron chi connectivity index (χ2n) is 7.42. The molecule has 31 heavy (non-hydrogen) atoms. The molecule has 4 rings (SSSR count). The maximum Gasteiger partial charge on any atom is 0.245 e. The normalized spacial score (nSPS) is 30.5. The molecular weight excluding hydrogens is 503 g/mol. The number of fused-ring (bicyclic) bond motifs is 2. The molecule has 6 nitrogen and oxygen atoms in total. The predicted octanol–water partition coefficient (Wildman–Crippen LogP) is 5.87. The summed E-state index contributed by atoms with van der Waals surface area (Å²) in [6, 6.07) is 17.8. The molecule has 2 aliphatic rings. The average Bonchev–Trinajstić information content (AvgIpc) is 2.90. The summed E-state index contributed by atoms with van der Waals surface area (Å²) in [5.74, 6) is -3.09. The van der Waals surface area contributed by atoms with Gasteiger partial charge in [0.2, 0.25) is 17.1 Å². The summed E-state index contributed by atoms with van der Waals surface area (Å²) in [5.41, 5.74) is -3.13. The minimum absolute atomic E-state index is 0.216. The molecule has 9 heteroatoms. The molecule has 154 valence electrons. The Balaban J connectivity index is 2.09. The number of rotatable bonds is 2. The zero-order chi connectivity index (χ0) is 22.6. The third-order valence-corrected chi connectivity index (χ3v) is 7.43. The van der Waals surface area contributed by atoms with E-state index in [-0.39, 0.29) is 5.02 Å². The van der Waals surface area contributed by atoms with Gasteiger partial charge in [0.1, 0.15) is 6.10 Å². The van der Waals surface area contributed by atoms with E-state index in [4.69, 9.17) is 38.1 Å². The van der Waals surface area contributed by atoms with Crippen molar-refractivity contribution in [3.8, 4) is 18.2 Å². The van der Waals surface area contributed by atoms with Crippen molar-refractivity contribution in [3.63, 3.8) is 0 Å². The highest BCUT2D eigenvalue weighted by molar-refractivity contribution is 9.10. The smallest absolute Gasteiger partial charge is 0.245 e. The van der Waals surface area contributed by atoms with Crippen LogP contribution in [0.1, 0.15) is 24.2 Å². The van der Waals surface area contributed by atoms with Crippen molar-refractivity contribution >= 4 is 45.0 Å². The lowest BCUT2D eigenvalue weighted by molar-refractivity contribution is -0.288. The summed E-state index contributed by atoms with van der Waals surface area (Å²) in [6.07, 6.45) is -1.22. The molecule has 0 aromatic heterocycles. The zero-order valence-electron chi connectivity index (χ0n) is 16.0. The Bertz CT molecular complexity index is 1230. The summed E-state index contributed by atoms with van der Waals surface area (Å²) in [6.45, 7) is 1.62. The summed E-state index contributed by atoms with van der Waals surface area (Å²) < 4.78 is 12.9. The summed E-state index contributed by atoms with van der Waals surface area (Å²) in [5, 5.41) is 40.0. The van der Waals surface area contributed by atoms with E-state index < -0.39 is 34.5 Å². The van der Waals surface area contributed by atoms with Crippen molar-refractivity contribution in [2.75, 3.05) is 0 Å². The van der Waals surface area contributed by atoms with Gasteiger partial charge in [-0.15, -0.1) is 0 Å². The van der Waals surface area contributed by atoms with Gasteiger partial charge in [-0.05, 0) is 29.8 Å². The fraction of sp³-hybridized carbons (Fsp3) is 0.273. The monoisotopic (exact) mass is 514 g/mol. The SMILES string of the molecule is CC1C2(c3ccc(Cl)cc3Cl)OC(=N)C1(C#N)C(C#N)(C#N)C(c1ccccc1Br)O2. The first-order valence-corrected chi connectivity index (χ1v) is 10.7. The largest absolute Gasteiger partial charge is 0.443 e. The molecule has 2 aromatic rings. The van der Waals surface area contributed by atoms with Crippen LogP contribution in [0.15, 0.2) is 46.9 Å². The molecule has 0 saturated carbocycles. The Labute approximate surface area is 197 Å². The van der Waals surface area contributed by atoms with E-state index in [0.29, 0.717) is 20.6 Å². The number of hydrogen-bond acceptors (Lipinski definition) is 6. The van der Waals surface area contributed by atoms with Gasteiger partial charge in [0.25, 0.3) is 0 Å². The molecule has 4 unspecified atom stereocenters. The quantitative estimate of drug-likeness (QED) is 0.537. The molecule has 2 aromatic carbocycles. The van der Waals surface area contributed by atoms with Crippen LogP contribution in [0.25, 0.3) is 0 Å². The van der Waals surface area contributed by atoms with Crippen molar-refractivity contribution in [3.05, 3.63) is 68.1 Å². The van der Waals surface area contributed by atoms with Crippen molar-refractivity contribution in [1.82, 2.24) is 0 Å². The molecule has 2 fully saturated rings. The van der Waals surface area contributed by atoms with Gasteiger partial charge in [-0.2, -0.15) is 15.8 Å². The number of nitrogens with zero attached hydrogens (tertiary/aromatic N) is 3. The number of nitriles is 3. The summed E-state index contributed by atoms with van der Waals surface area (Å²) in [4.78, 5) is 0. The Morgan fingerprint density at radius 3 is 2.32 bits per heavy atom. The highest BCUT2D eigenvalue weighted by Gasteiger charge is 2.80. The lowest BCUT2D eigenvalue weighted by Crippen LogP contribution is -2.57. The predicted molar refractivity (Wildman–Crippen MR) is 116 cm³/mol. The second-order valence-corrected chi connectivity index (χ2v) is 9.11. The molecule has 0 aliphatic carbocycles. The first-order chi connectivity index (χ1) is 14.7. The van der Waals surface area contributed by atoms with Gasteiger partial charge in [-0.3, -0.25) is 5.41 Å². The van der Waals surface area contributed by atoms with E-state index >= 15 is 0 Å². The Kier molecular flexibility index (Phi) is 5.04. The first-order valence-electron chi connectivity index (χ1n) is 9.13. The summed E-state index contributed by atoms with van der Waals surface area (Å²) in [7, 11) is 0. The minimum atomic E-state index is -2.05. The van der Waals surface area contributed by atoms with Crippen LogP contribution in [0.3, 0.4) is 0 Å². The van der Waals surface area contributed by atoms with Crippen LogP contribution in [-0.4, -0.2) is 5.90 Å². The van der Waals surface area contributed by atoms with Gasteiger partial charge in [0.15, 0.2) is 5.41 Å². The molecule has 0 amide bonds. The Hall–Kier alpha value is -2.60. The van der Waals surface area contributed by atoms with Gasteiger partial charge in [0, 0.05) is 15.1 Å². The third kappa shape index (κ3) is 2.54. The van der Waals surface area contributed by atoms with Crippen LogP contribution >= 0.6 is 39.1 Å². The molecule has 1 N–H and O–H groups in total. The van der Waals surface area contributed by atoms with Crippen molar-refractivity contribution in [1.29, 1.82) is 21.2 Å². The van der Waals surface area contributed by atoms with Gasteiger partial charge in [0.05, 0.1) is 29.1 Å². The number of benzene rings is 2. The van der Waals surface area contributed by atoms with E-state index in [1.807, 2.05) is 12.1 Å². The van der Waals surface area contributed by atoms with Crippen LogP contribution < -0.4 is 0 Å². The molecule has 0 radical (unpaired) electrons. The number of nitrogens with one attached hydrogen (secondary N) is 1. The molecule has 2 bridgehead atoms. The lowest BCUT2D eigenvalue weighted by Gasteiger charge is -2.49. The van der Waals surface area contributed by atoms with E-state index in [2.05, 4.69) is 22.0 Å². The molecular formula is C22H13BrCl2N4O2. The van der Waals surface area contributed by atoms with E-state index in [0.717, 1.165) is 0 Å². The minimum Gasteiger partial charge on any atom is -0.443 e. The van der Waals surface area contributed by atoms with E-state index in [1.165, 1.54) is 6.07 Å². The molecule has 2 heterocycles. The van der Waals surface area contributed by atoms with Gasteiger partial charge >= 0.3 is 0 Å². The molecule has 0 spiro atoms. The Morgan fingerprint density at radius 2 is 1.74 bits per heavy atom. The van der Waals surface area contributed by atoms with Crippen molar-refractivity contribution in [2.24, 2.45) is 16.7 Å². The number of ether oxygens (including phenoxy) is 2. The fourth-order valence-electron chi connectivity index (χ4n) is 4.58. The maximum absolute atomic E-state index is 10.3. The standard InChI is InChI=1S/C22H13BrCl2N4O2/c1-12-21(11-28)19(29)31-22(12,15-7-6-13(24)8-17(15)25)30-18(20(21,9-26)10-27)14-4-2-3-5-16(14)23/h2-8,12,18,29H,1H3. The molecule has 4 atom stereocenters. The highest BCUT2D eigenvalue weighted by Crippen LogP contribution is 2.69. The van der Waals surface area contributed by atoms with Crippen LogP contribution in [0.5, 0.6) is 0 Å². The van der Waals surface area contributed by atoms with Gasteiger partial charge in [-0.1, -0.05) is 64.3 Å². The number of hydrogen-bond donors (Lipinski definition) is 1. The van der Waals surface area contributed by atoms with Crippen LogP contribution in [-0.2, 0) is 15.3 Å². The lowest BCUT2D eigenvalue weighted by atomic mass is 9.53. The third-order valence-electron chi connectivity index (χ3n) is 6.16. The van der Waals surface area contributed by atoms with Crippen LogP contribution in [0, 0.1) is 56.2 Å².